The van der Waals surface area contributed by atoms with Crippen LogP contribution in [-0.4, -0.2) is 11.0 Å². The molecule has 0 saturated carbocycles. The molecule has 0 atom stereocenters. The Morgan fingerprint density at radius 1 is 0.957 bits per heavy atom. The predicted octanol–water partition coefficient (Wildman–Crippen LogP) is 4.58. The predicted molar refractivity (Wildman–Crippen MR) is 90.5 cm³/mol. The van der Waals surface area contributed by atoms with Crippen LogP contribution in [0.3, 0.4) is 0 Å². The number of carbonyl (C=O) groups excluding carboxylic acids is 1. The third-order valence-corrected chi connectivity index (χ3v) is 3.56. The lowest BCUT2D eigenvalue weighted by Gasteiger charge is -2.14. The lowest BCUT2D eigenvalue weighted by molar-refractivity contribution is 0.0734. The van der Waals surface area contributed by atoms with Crippen LogP contribution in [0.25, 0.3) is 11.3 Å². The third kappa shape index (κ3) is 3.29. The molecule has 0 spiro atoms. The second-order valence-electron chi connectivity index (χ2n) is 5.43. The summed E-state index contributed by atoms with van der Waals surface area (Å²) >= 11 is 0. The summed E-state index contributed by atoms with van der Waals surface area (Å²) in [5.41, 5.74) is 4.15. The standard InChI is InChI=1S/C20H17NO2/c1-14-12-15(2)19(17(13-14)18-10-6-7-11-21-18)23-20(22)16-8-4-3-5-9-16/h3-13H,1-2H3. The van der Waals surface area contributed by atoms with Crippen molar-refractivity contribution in [1.29, 1.82) is 0 Å². The summed E-state index contributed by atoms with van der Waals surface area (Å²) in [6.45, 7) is 3.95. The van der Waals surface area contributed by atoms with E-state index in [2.05, 4.69) is 4.98 Å². The molecule has 114 valence electrons. The van der Waals surface area contributed by atoms with E-state index >= 15 is 0 Å². The zero-order valence-electron chi connectivity index (χ0n) is 13.1. The van der Waals surface area contributed by atoms with Gasteiger partial charge in [0.1, 0.15) is 5.75 Å². The van der Waals surface area contributed by atoms with E-state index in [0.29, 0.717) is 11.3 Å². The van der Waals surface area contributed by atoms with E-state index < -0.39 is 0 Å². The summed E-state index contributed by atoms with van der Waals surface area (Å²) in [5, 5.41) is 0. The smallest absolute Gasteiger partial charge is 0.343 e. The van der Waals surface area contributed by atoms with Gasteiger partial charge in [0.05, 0.1) is 11.3 Å². The molecule has 1 heterocycles. The van der Waals surface area contributed by atoms with Crippen molar-refractivity contribution in [2.75, 3.05) is 0 Å². The summed E-state index contributed by atoms with van der Waals surface area (Å²) in [5.74, 6) is 0.192. The van der Waals surface area contributed by atoms with Crippen molar-refractivity contribution in [1.82, 2.24) is 4.98 Å². The van der Waals surface area contributed by atoms with Gasteiger partial charge in [0.15, 0.2) is 0 Å². The van der Waals surface area contributed by atoms with Gasteiger partial charge in [-0.1, -0.05) is 30.3 Å². The van der Waals surface area contributed by atoms with Crippen LogP contribution < -0.4 is 4.74 Å². The number of aromatic nitrogens is 1. The molecule has 0 radical (unpaired) electrons. The number of ether oxygens (including phenoxy) is 1. The molecular weight excluding hydrogens is 286 g/mol. The van der Waals surface area contributed by atoms with Crippen molar-refractivity contribution >= 4 is 5.97 Å². The van der Waals surface area contributed by atoms with Crippen molar-refractivity contribution in [2.45, 2.75) is 13.8 Å². The van der Waals surface area contributed by atoms with Crippen molar-refractivity contribution in [3.63, 3.8) is 0 Å². The van der Waals surface area contributed by atoms with Gasteiger partial charge < -0.3 is 4.74 Å². The first-order valence-corrected chi connectivity index (χ1v) is 7.45. The summed E-state index contributed by atoms with van der Waals surface area (Å²) in [7, 11) is 0. The average Bonchev–Trinajstić information content (AvgIpc) is 2.58. The van der Waals surface area contributed by atoms with Gasteiger partial charge in [-0.05, 0) is 55.3 Å². The van der Waals surface area contributed by atoms with Crippen molar-refractivity contribution in [2.24, 2.45) is 0 Å². The minimum Gasteiger partial charge on any atom is -0.422 e. The van der Waals surface area contributed by atoms with E-state index in [1.807, 2.05) is 62.4 Å². The number of pyridine rings is 1. The molecule has 0 aliphatic rings. The zero-order valence-corrected chi connectivity index (χ0v) is 13.1. The van der Waals surface area contributed by atoms with E-state index in [-0.39, 0.29) is 5.97 Å². The van der Waals surface area contributed by atoms with Crippen molar-refractivity contribution in [3.05, 3.63) is 83.6 Å². The van der Waals surface area contributed by atoms with Gasteiger partial charge in [0, 0.05) is 11.8 Å². The summed E-state index contributed by atoms with van der Waals surface area (Å²) in [4.78, 5) is 16.8. The Balaban J connectivity index is 2.03. The van der Waals surface area contributed by atoms with Gasteiger partial charge in [0.2, 0.25) is 0 Å². The number of esters is 1. The number of nitrogens with zero attached hydrogens (tertiary/aromatic N) is 1. The molecule has 0 N–H and O–H groups in total. The Labute approximate surface area is 135 Å². The van der Waals surface area contributed by atoms with E-state index in [1.165, 1.54) is 0 Å². The fraction of sp³-hybridized carbons (Fsp3) is 0.100. The molecule has 3 nitrogen and oxygen atoms in total. The second-order valence-corrected chi connectivity index (χ2v) is 5.43. The normalized spacial score (nSPS) is 10.3. The molecule has 0 bridgehead atoms. The average molecular weight is 303 g/mol. The first-order valence-electron chi connectivity index (χ1n) is 7.45. The highest BCUT2D eigenvalue weighted by atomic mass is 16.5. The lowest BCUT2D eigenvalue weighted by atomic mass is 10.0. The molecule has 0 fully saturated rings. The molecular formula is C20H17NO2. The Kier molecular flexibility index (Phi) is 4.20. The van der Waals surface area contributed by atoms with Gasteiger partial charge in [-0.3, -0.25) is 4.98 Å². The summed E-state index contributed by atoms with van der Waals surface area (Å²) < 4.78 is 5.69. The molecule has 3 heteroatoms. The van der Waals surface area contributed by atoms with Gasteiger partial charge in [-0.2, -0.15) is 0 Å². The van der Waals surface area contributed by atoms with E-state index in [0.717, 1.165) is 22.4 Å². The van der Waals surface area contributed by atoms with E-state index in [9.17, 15) is 4.79 Å². The number of aryl methyl sites for hydroxylation is 2. The van der Waals surface area contributed by atoms with Crippen LogP contribution in [0, 0.1) is 13.8 Å². The molecule has 23 heavy (non-hydrogen) atoms. The summed E-state index contributed by atoms with van der Waals surface area (Å²) in [6.07, 6.45) is 1.73. The van der Waals surface area contributed by atoms with E-state index in [1.54, 1.807) is 18.3 Å². The molecule has 2 aromatic carbocycles. The Bertz CT molecular complexity index is 827. The molecule has 0 aliphatic heterocycles. The number of carbonyl (C=O) groups is 1. The van der Waals surface area contributed by atoms with Crippen molar-refractivity contribution < 1.29 is 9.53 Å². The SMILES string of the molecule is Cc1cc(C)c(OC(=O)c2ccccc2)c(-c2ccccn2)c1. The Morgan fingerprint density at radius 3 is 2.39 bits per heavy atom. The summed E-state index contributed by atoms with van der Waals surface area (Å²) in [6, 6.07) is 18.7. The zero-order chi connectivity index (χ0) is 16.2. The molecule has 3 rings (SSSR count). The first-order chi connectivity index (χ1) is 11.1. The Hall–Kier alpha value is -2.94. The maximum absolute atomic E-state index is 12.4. The monoisotopic (exact) mass is 303 g/mol. The topological polar surface area (TPSA) is 39.2 Å². The highest BCUT2D eigenvalue weighted by Gasteiger charge is 2.16. The quantitative estimate of drug-likeness (QED) is 0.525. The van der Waals surface area contributed by atoms with E-state index in [4.69, 9.17) is 4.74 Å². The minimum atomic E-state index is -0.366. The van der Waals surface area contributed by atoms with Crippen molar-refractivity contribution in [3.8, 4) is 17.0 Å². The number of rotatable bonds is 3. The molecule has 0 amide bonds. The van der Waals surface area contributed by atoms with Crippen LogP contribution in [0.5, 0.6) is 5.75 Å². The molecule has 0 aliphatic carbocycles. The largest absolute Gasteiger partial charge is 0.422 e. The molecule has 0 unspecified atom stereocenters. The maximum atomic E-state index is 12.4. The van der Waals surface area contributed by atoms with Crippen LogP contribution >= 0.6 is 0 Å². The van der Waals surface area contributed by atoms with Crippen LogP contribution in [0.15, 0.2) is 66.9 Å². The minimum absolute atomic E-state index is 0.366. The van der Waals surface area contributed by atoms with Gasteiger partial charge in [-0.15, -0.1) is 0 Å². The molecule has 1 aromatic heterocycles. The van der Waals surface area contributed by atoms with Gasteiger partial charge >= 0.3 is 5.97 Å². The highest BCUT2D eigenvalue weighted by Crippen LogP contribution is 2.33. The van der Waals surface area contributed by atoms with Crippen LogP contribution in [-0.2, 0) is 0 Å². The fourth-order valence-electron chi connectivity index (χ4n) is 2.53. The second kappa shape index (κ2) is 6.44. The maximum Gasteiger partial charge on any atom is 0.343 e. The van der Waals surface area contributed by atoms with Crippen LogP contribution in [0.2, 0.25) is 0 Å². The molecule has 0 saturated heterocycles. The van der Waals surface area contributed by atoms with Crippen LogP contribution in [0.4, 0.5) is 0 Å². The fourth-order valence-corrected chi connectivity index (χ4v) is 2.53. The number of hydrogen-bond acceptors (Lipinski definition) is 3. The first kappa shape index (κ1) is 15.0. The highest BCUT2D eigenvalue weighted by molar-refractivity contribution is 5.92. The van der Waals surface area contributed by atoms with Crippen LogP contribution in [0.1, 0.15) is 21.5 Å². The van der Waals surface area contributed by atoms with Gasteiger partial charge in [-0.25, -0.2) is 4.79 Å². The number of benzene rings is 2. The Morgan fingerprint density at radius 2 is 1.70 bits per heavy atom. The van der Waals surface area contributed by atoms with Gasteiger partial charge in [0.25, 0.3) is 0 Å². The lowest BCUT2D eigenvalue weighted by Crippen LogP contribution is -2.10. The number of hydrogen-bond donors (Lipinski definition) is 0. The molecule has 3 aromatic rings. The third-order valence-electron chi connectivity index (χ3n) is 3.56.